The van der Waals surface area contributed by atoms with Gasteiger partial charge in [0.05, 0.1) is 5.56 Å². The van der Waals surface area contributed by atoms with Gasteiger partial charge in [-0.3, -0.25) is 9.59 Å². The van der Waals surface area contributed by atoms with E-state index < -0.39 is 17.9 Å². The van der Waals surface area contributed by atoms with Crippen molar-refractivity contribution in [2.24, 2.45) is 0 Å². The Balaban J connectivity index is 1.40. The Morgan fingerprint density at radius 3 is 1.95 bits per heavy atom. The second-order valence-electron chi connectivity index (χ2n) is 11.1. The number of hydrogen-bond acceptors (Lipinski definition) is 7. The Morgan fingerprint density at radius 1 is 0.902 bits per heavy atom. The molecule has 0 atom stereocenters. The van der Waals surface area contributed by atoms with E-state index in [4.69, 9.17) is 4.74 Å². The summed E-state index contributed by atoms with van der Waals surface area (Å²) in [6.45, 7) is 7.56. The third-order valence-corrected chi connectivity index (χ3v) is 6.70. The van der Waals surface area contributed by atoms with E-state index in [-0.39, 0.29) is 41.3 Å². The van der Waals surface area contributed by atoms with Crippen LogP contribution in [0, 0.1) is 0 Å². The Morgan fingerprint density at radius 2 is 1.46 bits per heavy atom. The molecule has 10 nitrogen and oxygen atoms in total. The SMILES string of the molecule is CCN(OC(F)(F)F)C(=O)c1ccc(-c2ncc(C(=O)N(C3CC3)C3CCN(C(=O)OC(C)(C)C)CC3)cn2)cc1. The van der Waals surface area contributed by atoms with Crippen molar-refractivity contribution in [2.75, 3.05) is 19.6 Å². The maximum Gasteiger partial charge on any atom is 0.544 e. The van der Waals surface area contributed by atoms with E-state index in [1.807, 2.05) is 25.7 Å². The molecular formula is C28H34F3N5O5. The van der Waals surface area contributed by atoms with Gasteiger partial charge in [-0.15, -0.1) is 13.2 Å². The molecule has 13 heteroatoms. The molecule has 1 aromatic heterocycles. The van der Waals surface area contributed by atoms with Crippen molar-refractivity contribution in [3.63, 3.8) is 0 Å². The summed E-state index contributed by atoms with van der Waals surface area (Å²) in [7, 11) is 0. The van der Waals surface area contributed by atoms with Gasteiger partial charge in [0.25, 0.3) is 11.8 Å². The van der Waals surface area contributed by atoms with Gasteiger partial charge in [0.1, 0.15) is 5.60 Å². The molecule has 2 aliphatic rings. The normalized spacial score (nSPS) is 16.3. The minimum Gasteiger partial charge on any atom is -0.444 e. The smallest absolute Gasteiger partial charge is 0.444 e. The number of carbonyl (C=O) groups excluding carboxylic acids is 3. The fraction of sp³-hybridized carbons (Fsp3) is 0.536. The molecule has 1 saturated carbocycles. The van der Waals surface area contributed by atoms with E-state index >= 15 is 0 Å². The Labute approximate surface area is 236 Å². The van der Waals surface area contributed by atoms with Crippen molar-refractivity contribution >= 4 is 17.9 Å². The van der Waals surface area contributed by atoms with Gasteiger partial charge in [-0.2, -0.15) is 4.84 Å². The minimum absolute atomic E-state index is 0.00411. The molecule has 0 bridgehead atoms. The maximum atomic E-state index is 13.5. The number of alkyl halides is 3. The number of aromatic nitrogens is 2. The summed E-state index contributed by atoms with van der Waals surface area (Å²) in [5, 5.41) is 0.235. The largest absolute Gasteiger partial charge is 0.544 e. The number of rotatable bonds is 7. The fourth-order valence-corrected chi connectivity index (χ4v) is 4.65. The number of likely N-dealkylation sites (tertiary alicyclic amines) is 1. The summed E-state index contributed by atoms with van der Waals surface area (Å²) >= 11 is 0. The summed E-state index contributed by atoms with van der Waals surface area (Å²) < 4.78 is 43.2. The first-order valence-electron chi connectivity index (χ1n) is 13.6. The summed E-state index contributed by atoms with van der Waals surface area (Å²) in [4.78, 5) is 54.3. The molecule has 2 fully saturated rings. The van der Waals surface area contributed by atoms with Crippen LogP contribution in [0.2, 0.25) is 0 Å². The fourth-order valence-electron chi connectivity index (χ4n) is 4.65. The first-order valence-corrected chi connectivity index (χ1v) is 13.6. The molecule has 41 heavy (non-hydrogen) atoms. The second kappa shape index (κ2) is 12.0. The molecule has 2 aromatic rings. The lowest BCUT2D eigenvalue weighted by atomic mass is 10.0. The summed E-state index contributed by atoms with van der Waals surface area (Å²) in [5.74, 6) is -0.807. The van der Waals surface area contributed by atoms with Crippen LogP contribution in [0.4, 0.5) is 18.0 Å². The monoisotopic (exact) mass is 577 g/mol. The van der Waals surface area contributed by atoms with Crippen LogP contribution in [-0.4, -0.2) is 86.4 Å². The predicted molar refractivity (Wildman–Crippen MR) is 141 cm³/mol. The number of carbonyl (C=O) groups is 3. The van der Waals surface area contributed by atoms with Crippen molar-refractivity contribution in [2.45, 2.75) is 77.4 Å². The molecule has 0 unspecified atom stereocenters. The van der Waals surface area contributed by atoms with Crippen LogP contribution in [0.25, 0.3) is 11.4 Å². The molecule has 222 valence electrons. The zero-order valence-electron chi connectivity index (χ0n) is 23.5. The Bertz CT molecular complexity index is 1240. The number of piperidine rings is 1. The van der Waals surface area contributed by atoms with E-state index in [1.54, 1.807) is 4.90 Å². The summed E-state index contributed by atoms with van der Waals surface area (Å²) in [5.41, 5.74) is 0.292. The quantitative estimate of drug-likeness (QED) is 0.424. The van der Waals surface area contributed by atoms with Crippen molar-refractivity contribution in [3.8, 4) is 11.4 Å². The number of ether oxygens (including phenoxy) is 1. The highest BCUT2D eigenvalue weighted by Gasteiger charge is 2.40. The molecular weight excluding hydrogens is 543 g/mol. The van der Waals surface area contributed by atoms with Crippen LogP contribution < -0.4 is 0 Å². The van der Waals surface area contributed by atoms with E-state index in [2.05, 4.69) is 14.8 Å². The van der Waals surface area contributed by atoms with Gasteiger partial charge in [-0.05, 0) is 65.5 Å². The van der Waals surface area contributed by atoms with Gasteiger partial charge in [-0.1, -0.05) is 12.1 Å². The summed E-state index contributed by atoms with van der Waals surface area (Å²) in [6.07, 6.45) is 0.709. The van der Waals surface area contributed by atoms with Gasteiger partial charge in [-0.25, -0.2) is 19.8 Å². The molecule has 4 rings (SSSR count). The van der Waals surface area contributed by atoms with Gasteiger partial charge in [0, 0.05) is 55.2 Å². The standard InChI is InChI=1S/C28H34F3N5O5/c1-5-35(41-28(29,30)31)24(37)19-8-6-18(7-9-19)23-32-16-20(17-33-23)25(38)36(21-10-11-21)22-12-14-34(15-13-22)26(39)40-27(2,3)4/h6-9,16-17,21-22H,5,10-15H2,1-4H3. The van der Waals surface area contributed by atoms with E-state index in [0.29, 0.717) is 42.9 Å². The van der Waals surface area contributed by atoms with Crippen LogP contribution in [-0.2, 0) is 9.57 Å². The number of nitrogens with zero attached hydrogens (tertiary/aromatic N) is 5. The van der Waals surface area contributed by atoms with E-state index in [0.717, 1.165) is 12.8 Å². The Hall–Kier alpha value is -3.74. The van der Waals surface area contributed by atoms with Crippen molar-refractivity contribution in [1.82, 2.24) is 24.8 Å². The first-order chi connectivity index (χ1) is 19.3. The highest BCUT2D eigenvalue weighted by atomic mass is 19.4. The van der Waals surface area contributed by atoms with Crippen molar-refractivity contribution in [3.05, 3.63) is 47.8 Å². The highest BCUT2D eigenvalue weighted by Crippen LogP contribution is 2.33. The van der Waals surface area contributed by atoms with Gasteiger partial charge < -0.3 is 14.5 Å². The maximum absolute atomic E-state index is 13.5. The molecule has 0 N–H and O–H groups in total. The van der Waals surface area contributed by atoms with Crippen LogP contribution in [0.15, 0.2) is 36.7 Å². The number of halogens is 3. The summed E-state index contributed by atoms with van der Waals surface area (Å²) in [6, 6.07) is 5.89. The average Bonchev–Trinajstić information content (AvgIpc) is 3.76. The van der Waals surface area contributed by atoms with E-state index in [1.165, 1.54) is 43.6 Å². The molecule has 0 spiro atoms. The van der Waals surface area contributed by atoms with Crippen LogP contribution in [0.5, 0.6) is 0 Å². The molecule has 0 radical (unpaired) electrons. The molecule has 1 aromatic carbocycles. The highest BCUT2D eigenvalue weighted by molar-refractivity contribution is 5.95. The van der Waals surface area contributed by atoms with E-state index in [9.17, 15) is 27.6 Å². The Kier molecular flexibility index (Phi) is 8.86. The lowest BCUT2D eigenvalue weighted by molar-refractivity contribution is -0.397. The second-order valence-corrected chi connectivity index (χ2v) is 11.1. The predicted octanol–water partition coefficient (Wildman–Crippen LogP) is 5.06. The lowest BCUT2D eigenvalue weighted by Gasteiger charge is -2.39. The third kappa shape index (κ3) is 7.93. The average molecular weight is 578 g/mol. The number of benzene rings is 1. The van der Waals surface area contributed by atoms with Crippen molar-refractivity contribution in [1.29, 1.82) is 0 Å². The number of amides is 3. The lowest BCUT2D eigenvalue weighted by Crippen LogP contribution is -2.50. The number of hydroxylamine groups is 2. The molecule has 2 heterocycles. The molecule has 1 saturated heterocycles. The first kappa shape index (κ1) is 30.2. The van der Waals surface area contributed by atoms with Crippen LogP contribution in [0.3, 0.4) is 0 Å². The van der Waals surface area contributed by atoms with Gasteiger partial charge in [0.15, 0.2) is 5.82 Å². The molecule has 1 aliphatic carbocycles. The molecule has 1 aliphatic heterocycles. The van der Waals surface area contributed by atoms with Gasteiger partial charge in [0.2, 0.25) is 0 Å². The van der Waals surface area contributed by atoms with Crippen LogP contribution >= 0.6 is 0 Å². The van der Waals surface area contributed by atoms with Crippen LogP contribution in [0.1, 0.15) is 74.1 Å². The van der Waals surface area contributed by atoms with Crippen molar-refractivity contribution < 1.29 is 37.1 Å². The minimum atomic E-state index is -4.98. The third-order valence-electron chi connectivity index (χ3n) is 6.70. The topological polar surface area (TPSA) is 105 Å². The molecule has 3 amide bonds. The number of hydrogen-bond donors (Lipinski definition) is 0. The zero-order valence-corrected chi connectivity index (χ0v) is 23.5. The van der Waals surface area contributed by atoms with Gasteiger partial charge >= 0.3 is 12.5 Å². The zero-order chi connectivity index (χ0) is 29.9.